The molecule has 0 saturated heterocycles. The Morgan fingerprint density at radius 3 is 2.75 bits per heavy atom. The van der Waals surface area contributed by atoms with E-state index in [9.17, 15) is 4.79 Å². The van der Waals surface area contributed by atoms with Gasteiger partial charge >= 0.3 is 5.97 Å². The van der Waals surface area contributed by atoms with Crippen LogP contribution < -0.4 is 0 Å². The zero-order valence-corrected chi connectivity index (χ0v) is 7.49. The quantitative estimate of drug-likeness (QED) is 0.361. The fraction of sp³-hybridized carbons (Fsp3) is 0.625. The van der Waals surface area contributed by atoms with Crippen molar-refractivity contribution in [3.05, 3.63) is 12.3 Å². The number of nitrogens with zero attached hydrogens (tertiary/aromatic N) is 1. The average Bonchev–Trinajstić information content (AvgIpc) is 2.01. The second-order valence-corrected chi connectivity index (χ2v) is 2.52. The second-order valence-electron chi connectivity index (χ2n) is 2.52. The number of esters is 1. The average molecular weight is 173 g/mol. The van der Waals surface area contributed by atoms with Gasteiger partial charge in [-0.2, -0.15) is 0 Å². The van der Waals surface area contributed by atoms with Crippen molar-refractivity contribution in [2.45, 2.75) is 6.42 Å². The van der Waals surface area contributed by atoms with Gasteiger partial charge in [-0.05, 0) is 0 Å². The fourth-order valence-corrected chi connectivity index (χ4v) is 0.495. The number of hydrogen-bond donors (Lipinski definition) is 1. The molecule has 0 amide bonds. The zero-order valence-electron chi connectivity index (χ0n) is 7.49. The number of aliphatic hydroxyl groups is 1. The van der Waals surface area contributed by atoms with Crippen LogP contribution in [0.5, 0.6) is 0 Å². The molecule has 4 nitrogen and oxygen atoms in total. The normalized spacial score (nSPS) is 10.2. The van der Waals surface area contributed by atoms with Gasteiger partial charge in [0.1, 0.15) is 0 Å². The lowest BCUT2D eigenvalue weighted by Gasteiger charge is -2.03. The highest BCUT2D eigenvalue weighted by Gasteiger charge is 1.94. The maximum atomic E-state index is 10.8. The number of carbonyl (C=O) groups excluding carboxylic acids is 1. The highest BCUT2D eigenvalue weighted by atomic mass is 16.5. The van der Waals surface area contributed by atoms with Crippen molar-refractivity contribution in [2.24, 2.45) is 0 Å². The van der Waals surface area contributed by atoms with Gasteiger partial charge in [-0.3, -0.25) is 0 Å². The summed E-state index contributed by atoms with van der Waals surface area (Å²) >= 11 is 0. The van der Waals surface area contributed by atoms with Crippen LogP contribution in [0.15, 0.2) is 12.3 Å². The molecule has 70 valence electrons. The van der Waals surface area contributed by atoms with E-state index in [-0.39, 0.29) is 19.2 Å². The molecule has 0 saturated carbocycles. The van der Waals surface area contributed by atoms with E-state index in [1.165, 1.54) is 6.08 Å². The molecule has 0 aromatic rings. The lowest BCUT2D eigenvalue weighted by Crippen LogP contribution is -2.06. The summed E-state index contributed by atoms with van der Waals surface area (Å²) in [6.07, 6.45) is 3.44. The van der Waals surface area contributed by atoms with Crippen LogP contribution in [-0.2, 0) is 9.53 Å². The molecular weight excluding hydrogens is 158 g/mol. The van der Waals surface area contributed by atoms with Gasteiger partial charge in [-0.1, -0.05) is 0 Å². The van der Waals surface area contributed by atoms with Crippen LogP contribution in [0, 0.1) is 0 Å². The Kier molecular flexibility index (Phi) is 6.09. The Hall–Kier alpha value is -1.03. The third kappa shape index (κ3) is 7.08. The molecule has 0 spiro atoms. The number of hydrogen-bond acceptors (Lipinski definition) is 4. The summed E-state index contributed by atoms with van der Waals surface area (Å²) in [5.74, 6) is -0.378. The van der Waals surface area contributed by atoms with E-state index < -0.39 is 0 Å². The zero-order chi connectivity index (χ0) is 9.40. The molecule has 0 atom stereocenters. The monoisotopic (exact) mass is 173 g/mol. The van der Waals surface area contributed by atoms with Crippen molar-refractivity contribution < 1.29 is 14.6 Å². The molecule has 0 radical (unpaired) electrons. The van der Waals surface area contributed by atoms with Gasteiger partial charge in [-0.25, -0.2) is 4.79 Å². The molecule has 0 unspecified atom stereocenters. The van der Waals surface area contributed by atoms with E-state index in [2.05, 4.69) is 0 Å². The van der Waals surface area contributed by atoms with Gasteiger partial charge in [0.2, 0.25) is 0 Å². The topological polar surface area (TPSA) is 49.8 Å². The Balaban J connectivity index is 3.46. The van der Waals surface area contributed by atoms with Crippen molar-refractivity contribution >= 4 is 5.97 Å². The van der Waals surface area contributed by atoms with Crippen LogP contribution in [0.25, 0.3) is 0 Å². The summed E-state index contributed by atoms with van der Waals surface area (Å²) in [6, 6.07) is 0. The van der Waals surface area contributed by atoms with Gasteiger partial charge < -0.3 is 14.7 Å². The predicted molar refractivity (Wildman–Crippen MR) is 45.5 cm³/mol. The summed E-state index contributed by atoms with van der Waals surface area (Å²) in [5, 5.41) is 8.38. The Morgan fingerprint density at radius 1 is 1.58 bits per heavy atom. The van der Waals surface area contributed by atoms with Crippen LogP contribution in [0.3, 0.4) is 0 Å². The maximum absolute atomic E-state index is 10.8. The molecule has 0 aliphatic rings. The third-order valence-corrected chi connectivity index (χ3v) is 1.06. The Morgan fingerprint density at radius 2 is 2.25 bits per heavy atom. The molecule has 0 heterocycles. The minimum absolute atomic E-state index is 0.0463. The fourth-order valence-electron chi connectivity index (χ4n) is 0.495. The summed E-state index contributed by atoms with van der Waals surface area (Å²) in [6.45, 7) is 0.317. The van der Waals surface area contributed by atoms with Crippen LogP contribution >= 0.6 is 0 Å². The molecule has 1 N–H and O–H groups in total. The second kappa shape index (κ2) is 6.67. The molecule has 0 aromatic carbocycles. The summed E-state index contributed by atoms with van der Waals surface area (Å²) in [7, 11) is 3.63. The SMILES string of the molecule is CN(C)C=CC(=O)OCCCO. The smallest absolute Gasteiger partial charge is 0.332 e. The minimum atomic E-state index is -0.378. The Labute approximate surface area is 72.4 Å². The van der Waals surface area contributed by atoms with Crippen LogP contribution in [0.4, 0.5) is 0 Å². The van der Waals surface area contributed by atoms with Crippen molar-refractivity contribution in [2.75, 3.05) is 27.3 Å². The van der Waals surface area contributed by atoms with Gasteiger partial charge in [-0.15, -0.1) is 0 Å². The third-order valence-electron chi connectivity index (χ3n) is 1.06. The maximum Gasteiger partial charge on any atom is 0.332 e. The van der Waals surface area contributed by atoms with Crippen molar-refractivity contribution in [1.29, 1.82) is 0 Å². The number of carbonyl (C=O) groups is 1. The Bertz CT molecular complexity index is 154. The number of rotatable bonds is 5. The van der Waals surface area contributed by atoms with E-state index >= 15 is 0 Å². The van der Waals surface area contributed by atoms with E-state index in [0.717, 1.165) is 0 Å². The molecule has 0 aliphatic heterocycles. The van der Waals surface area contributed by atoms with Crippen LogP contribution in [-0.4, -0.2) is 43.3 Å². The van der Waals surface area contributed by atoms with Crippen LogP contribution in [0.2, 0.25) is 0 Å². The van der Waals surface area contributed by atoms with E-state index in [1.807, 2.05) is 14.1 Å². The number of aliphatic hydroxyl groups excluding tert-OH is 1. The largest absolute Gasteiger partial charge is 0.462 e. The molecule has 4 heteroatoms. The van der Waals surface area contributed by atoms with E-state index in [0.29, 0.717) is 6.42 Å². The molecule has 0 rings (SSSR count). The molecule has 0 bridgehead atoms. The number of ether oxygens (including phenoxy) is 1. The minimum Gasteiger partial charge on any atom is -0.462 e. The van der Waals surface area contributed by atoms with Crippen LogP contribution in [0.1, 0.15) is 6.42 Å². The summed E-state index contributed by atoms with van der Waals surface area (Å²) in [4.78, 5) is 12.5. The summed E-state index contributed by atoms with van der Waals surface area (Å²) in [5.41, 5.74) is 0. The van der Waals surface area contributed by atoms with Gasteiger partial charge in [0.15, 0.2) is 0 Å². The van der Waals surface area contributed by atoms with Crippen molar-refractivity contribution in [3.63, 3.8) is 0 Å². The van der Waals surface area contributed by atoms with Crippen molar-refractivity contribution in [3.8, 4) is 0 Å². The van der Waals surface area contributed by atoms with Gasteiger partial charge in [0.25, 0.3) is 0 Å². The van der Waals surface area contributed by atoms with Gasteiger partial charge in [0, 0.05) is 39.4 Å². The molecule has 12 heavy (non-hydrogen) atoms. The molecular formula is C8H15NO3. The highest BCUT2D eigenvalue weighted by molar-refractivity contribution is 5.81. The lowest BCUT2D eigenvalue weighted by atomic mass is 10.5. The molecule has 0 aliphatic carbocycles. The highest BCUT2D eigenvalue weighted by Crippen LogP contribution is 1.86. The predicted octanol–water partition coefficient (Wildman–Crippen LogP) is -0.0127. The molecule has 0 fully saturated rings. The van der Waals surface area contributed by atoms with E-state index in [4.69, 9.17) is 9.84 Å². The molecule has 0 aromatic heterocycles. The van der Waals surface area contributed by atoms with Crippen molar-refractivity contribution in [1.82, 2.24) is 4.90 Å². The first-order valence-corrected chi connectivity index (χ1v) is 3.79. The first-order chi connectivity index (χ1) is 5.66. The van der Waals surface area contributed by atoms with E-state index in [1.54, 1.807) is 11.1 Å². The lowest BCUT2D eigenvalue weighted by molar-refractivity contribution is -0.138. The first kappa shape index (κ1) is 11.0. The first-order valence-electron chi connectivity index (χ1n) is 3.79. The van der Waals surface area contributed by atoms with Gasteiger partial charge in [0.05, 0.1) is 6.61 Å². The summed E-state index contributed by atoms with van der Waals surface area (Å²) < 4.78 is 4.72. The standard InChI is InChI=1S/C8H15NO3/c1-9(2)5-4-8(11)12-7-3-6-10/h4-5,10H,3,6-7H2,1-2H3.